The van der Waals surface area contributed by atoms with Gasteiger partial charge in [0.25, 0.3) is 0 Å². The fourth-order valence-corrected chi connectivity index (χ4v) is 2.13. The van der Waals surface area contributed by atoms with Gasteiger partial charge in [-0.3, -0.25) is 0 Å². The Morgan fingerprint density at radius 1 is 1.60 bits per heavy atom. The number of methoxy groups -OCH3 is 1. The molecule has 0 unspecified atom stereocenters. The van der Waals surface area contributed by atoms with Crippen molar-refractivity contribution in [3.63, 3.8) is 0 Å². The van der Waals surface area contributed by atoms with E-state index in [9.17, 15) is 0 Å². The van der Waals surface area contributed by atoms with E-state index >= 15 is 0 Å². The summed E-state index contributed by atoms with van der Waals surface area (Å²) in [5.41, 5.74) is 0.724. The van der Waals surface area contributed by atoms with Crippen molar-refractivity contribution in [3.8, 4) is 23.3 Å². The Labute approximate surface area is 95.5 Å². The third-order valence-electron chi connectivity index (χ3n) is 2.12. The molecule has 5 heteroatoms. The second kappa shape index (κ2) is 3.99. The molecule has 0 spiro atoms. The molecule has 4 nitrogen and oxygen atoms in total. The molecular weight excluding hydrogens is 262 g/mol. The van der Waals surface area contributed by atoms with E-state index in [0.29, 0.717) is 17.2 Å². The molecule has 78 valence electrons. The largest absolute Gasteiger partial charge is 0.495 e. The van der Waals surface area contributed by atoms with Crippen LogP contribution in [0, 0.1) is 11.3 Å². The van der Waals surface area contributed by atoms with Crippen molar-refractivity contribution in [2.75, 3.05) is 13.9 Å². The first-order chi connectivity index (χ1) is 7.27. The highest BCUT2D eigenvalue weighted by molar-refractivity contribution is 9.10. The molecule has 0 N–H and O–H groups in total. The van der Waals surface area contributed by atoms with Crippen LogP contribution in [0.25, 0.3) is 0 Å². The van der Waals surface area contributed by atoms with E-state index in [1.54, 1.807) is 13.2 Å². The molecule has 0 saturated heterocycles. The maximum atomic E-state index is 8.74. The number of ether oxygens (including phenoxy) is 3. The average Bonchev–Trinajstić information content (AvgIpc) is 2.66. The minimum absolute atomic E-state index is 0.188. The summed E-state index contributed by atoms with van der Waals surface area (Å²) in [7, 11) is 1.56. The number of nitrogens with zero attached hydrogens (tertiary/aromatic N) is 1. The lowest BCUT2D eigenvalue weighted by Crippen LogP contribution is -1.96. The number of halogens is 1. The van der Waals surface area contributed by atoms with Crippen molar-refractivity contribution < 1.29 is 14.2 Å². The van der Waals surface area contributed by atoms with Crippen molar-refractivity contribution in [2.24, 2.45) is 0 Å². The first kappa shape index (κ1) is 10.1. The molecule has 1 heterocycles. The number of fused-ring (bicyclic) bond motifs is 1. The van der Waals surface area contributed by atoms with Crippen LogP contribution in [0.5, 0.6) is 17.2 Å². The van der Waals surface area contributed by atoms with Crippen molar-refractivity contribution in [1.29, 1.82) is 5.26 Å². The first-order valence-electron chi connectivity index (χ1n) is 4.30. The van der Waals surface area contributed by atoms with Gasteiger partial charge < -0.3 is 14.2 Å². The highest BCUT2D eigenvalue weighted by Gasteiger charge is 2.23. The van der Waals surface area contributed by atoms with E-state index in [2.05, 4.69) is 22.0 Å². The van der Waals surface area contributed by atoms with Crippen LogP contribution in [-0.2, 0) is 6.42 Å². The lowest BCUT2D eigenvalue weighted by Gasteiger charge is -2.10. The molecular formula is C10H8BrNO3. The summed E-state index contributed by atoms with van der Waals surface area (Å²) in [4.78, 5) is 0. The molecule has 0 bridgehead atoms. The van der Waals surface area contributed by atoms with Gasteiger partial charge in [0.1, 0.15) is 5.75 Å². The van der Waals surface area contributed by atoms with E-state index < -0.39 is 0 Å². The Bertz CT molecular complexity index is 436. The second-order valence-corrected chi connectivity index (χ2v) is 3.79. The molecule has 0 atom stereocenters. The van der Waals surface area contributed by atoms with Crippen LogP contribution in [0.2, 0.25) is 0 Å². The summed E-state index contributed by atoms with van der Waals surface area (Å²) in [5, 5.41) is 8.74. The van der Waals surface area contributed by atoms with Gasteiger partial charge in [-0.2, -0.15) is 5.26 Å². The Morgan fingerprint density at radius 3 is 3.07 bits per heavy atom. The summed E-state index contributed by atoms with van der Waals surface area (Å²) in [6, 6.07) is 3.86. The van der Waals surface area contributed by atoms with E-state index in [0.717, 1.165) is 10.0 Å². The molecule has 1 aliphatic heterocycles. The molecule has 0 fully saturated rings. The van der Waals surface area contributed by atoms with Gasteiger partial charge in [0.15, 0.2) is 11.5 Å². The van der Waals surface area contributed by atoms with E-state index in [4.69, 9.17) is 19.5 Å². The molecule has 2 rings (SSSR count). The predicted molar refractivity (Wildman–Crippen MR) is 56.1 cm³/mol. The summed E-state index contributed by atoms with van der Waals surface area (Å²) in [6.07, 6.45) is 0.230. The van der Waals surface area contributed by atoms with Crippen LogP contribution in [0.4, 0.5) is 0 Å². The van der Waals surface area contributed by atoms with Crippen LogP contribution < -0.4 is 14.2 Å². The average molecular weight is 270 g/mol. The zero-order valence-corrected chi connectivity index (χ0v) is 9.63. The van der Waals surface area contributed by atoms with Crippen molar-refractivity contribution in [2.45, 2.75) is 6.42 Å². The minimum Gasteiger partial charge on any atom is -0.495 e. The lowest BCUT2D eigenvalue weighted by atomic mass is 10.1. The molecule has 15 heavy (non-hydrogen) atoms. The minimum atomic E-state index is 0.188. The molecule has 0 radical (unpaired) electrons. The van der Waals surface area contributed by atoms with E-state index in [-0.39, 0.29) is 13.2 Å². The molecule has 0 amide bonds. The molecule has 1 aromatic carbocycles. The predicted octanol–water partition coefficient (Wildman–Crippen LogP) is 2.25. The Kier molecular flexibility index (Phi) is 2.69. The van der Waals surface area contributed by atoms with Gasteiger partial charge in [-0.1, -0.05) is 0 Å². The van der Waals surface area contributed by atoms with E-state index in [1.807, 2.05) is 0 Å². The van der Waals surface area contributed by atoms with Crippen molar-refractivity contribution >= 4 is 15.9 Å². The number of hydrogen-bond acceptors (Lipinski definition) is 4. The highest BCUT2D eigenvalue weighted by atomic mass is 79.9. The summed E-state index contributed by atoms with van der Waals surface area (Å²) < 4.78 is 16.5. The number of nitriles is 1. The number of hydrogen-bond donors (Lipinski definition) is 0. The number of benzene rings is 1. The van der Waals surface area contributed by atoms with Gasteiger partial charge in [-0.05, 0) is 15.9 Å². The molecule has 1 aliphatic rings. The second-order valence-electron chi connectivity index (χ2n) is 2.94. The lowest BCUT2D eigenvalue weighted by molar-refractivity contribution is 0.173. The highest BCUT2D eigenvalue weighted by Crippen LogP contribution is 2.45. The third kappa shape index (κ3) is 1.61. The maximum absolute atomic E-state index is 8.74. The maximum Gasteiger partial charge on any atom is 0.231 e. The third-order valence-corrected chi connectivity index (χ3v) is 2.71. The SMILES string of the molecule is COc1c(Br)cc2c(c1CC#N)OCO2. The quantitative estimate of drug-likeness (QED) is 0.827. The zero-order valence-electron chi connectivity index (χ0n) is 8.04. The van der Waals surface area contributed by atoms with Crippen LogP contribution >= 0.6 is 15.9 Å². The topological polar surface area (TPSA) is 51.5 Å². The summed E-state index contributed by atoms with van der Waals surface area (Å²) >= 11 is 3.36. The Hall–Kier alpha value is -1.41. The van der Waals surface area contributed by atoms with Crippen LogP contribution in [0.1, 0.15) is 5.56 Å². The number of rotatable bonds is 2. The fourth-order valence-electron chi connectivity index (χ4n) is 1.52. The Morgan fingerprint density at radius 2 is 2.40 bits per heavy atom. The van der Waals surface area contributed by atoms with Gasteiger partial charge in [0.05, 0.1) is 29.6 Å². The molecule has 0 saturated carbocycles. The fraction of sp³-hybridized carbons (Fsp3) is 0.300. The molecule has 0 aromatic heterocycles. The monoisotopic (exact) mass is 269 g/mol. The van der Waals surface area contributed by atoms with E-state index in [1.165, 1.54) is 0 Å². The summed E-state index contributed by atoms with van der Waals surface area (Å²) in [5.74, 6) is 1.88. The standard InChI is InChI=1S/C10H8BrNO3/c1-13-9-6(2-3-12)10-8(4-7(9)11)14-5-15-10/h4H,2,5H2,1H3. The van der Waals surface area contributed by atoms with Gasteiger partial charge >= 0.3 is 0 Å². The van der Waals surface area contributed by atoms with Crippen LogP contribution in [0.15, 0.2) is 10.5 Å². The zero-order chi connectivity index (χ0) is 10.8. The van der Waals surface area contributed by atoms with Gasteiger partial charge in [0.2, 0.25) is 6.79 Å². The summed E-state index contributed by atoms with van der Waals surface area (Å²) in [6.45, 7) is 0.188. The van der Waals surface area contributed by atoms with Gasteiger partial charge in [-0.25, -0.2) is 0 Å². The van der Waals surface area contributed by atoms with Gasteiger partial charge in [-0.15, -0.1) is 0 Å². The van der Waals surface area contributed by atoms with Crippen molar-refractivity contribution in [3.05, 3.63) is 16.1 Å². The molecule has 1 aromatic rings. The van der Waals surface area contributed by atoms with Crippen LogP contribution in [-0.4, -0.2) is 13.9 Å². The van der Waals surface area contributed by atoms with Gasteiger partial charge in [0, 0.05) is 6.07 Å². The normalized spacial score (nSPS) is 12.3. The van der Waals surface area contributed by atoms with Crippen LogP contribution in [0.3, 0.4) is 0 Å². The first-order valence-corrected chi connectivity index (χ1v) is 5.09. The van der Waals surface area contributed by atoms with Crippen molar-refractivity contribution in [1.82, 2.24) is 0 Å². The smallest absolute Gasteiger partial charge is 0.231 e. The Balaban J connectivity index is 2.61. The molecule has 0 aliphatic carbocycles.